The maximum absolute atomic E-state index is 12.7. The summed E-state index contributed by atoms with van der Waals surface area (Å²) in [5, 5.41) is 3.22. The summed E-state index contributed by atoms with van der Waals surface area (Å²) in [6.07, 6.45) is 0. The molecular formula is C13H20N2O4S. The minimum absolute atomic E-state index is 0.141. The lowest BCUT2D eigenvalue weighted by molar-refractivity contribution is 0.308. The van der Waals surface area contributed by atoms with Crippen LogP contribution in [0.5, 0.6) is 11.5 Å². The summed E-state index contributed by atoms with van der Waals surface area (Å²) in [4.78, 5) is 0.176. The van der Waals surface area contributed by atoms with E-state index in [0.29, 0.717) is 31.1 Å². The van der Waals surface area contributed by atoms with Crippen molar-refractivity contribution in [3.63, 3.8) is 0 Å². The zero-order valence-corrected chi connectivity index (χ0v) is 12.7. The first-order valence-electron chi connectivity index (χ1n) is 6.44. The van der Waals surface area contributed by atoms with Crippen LogP contribution in [-0.4, -0.2) is 52.6 Å². The Bertz CT molecular complexity index is 574. The molecule has 0 amide bonds. The highest BCUT2D eigenvalue weighted by Crippen LogP contribution is 2.30. The second kappa shape index (κ2) is 5.99. The van der Waals surface area contributed by atoms with Gasteiger partial charge in [-0.2, -0.15) is 4.31 Å². The fourth-order valence-corrected chi connectivity index (χ4v) is 3.91. The van der Waals surface area contributed by atoms with Gasteiger partial charge in [0, 0.05) is 31.7 Å². The van der Waals surface area contributed by atoms with Gasteiger partial charge in [-0.1, -0.05) is 0 Å². The van der Waals surface area contributed by atoms with E-state index >= 15 is 0 Å². The molecule has 0 aliphatic carbocycles. The average molecular weight is 300 g/mol. The number of nitrogens with zero attached hydrogens (tertiary/aromatic N) is 1. The van der Waals surface area contributed by atoms with E-state index in [2.05, 4.69) is 5.32 Å². The van der Waals surface area contributed by atoms with Crippen LogP contribution in [-0.2, 0) is 10.0 Å². The molecule has 1 aliphatic rings. The highest BCUT2D eigenvalue weighted by Gasteiger charge is 2.30. The number of hydrogen-bond acceptors (Lipinski definition) is 5. The monoisotopic (exact) mass is 300 g/mol. The smallest absolute Gasteiger partial charge is 0.246 e. The van der Waals surface area contributed by atoms with E-state index in [-0.39, 0.29) is 10.9 Å². The fraction of sp³-hybridized carbons (Fsp3) is 0.538. The predicted octanol–water partition coefficient (Wildman–Crippen LogP) is 0.686. The Kier molecular flexibility index (Phi) is 4.52. The van der Waals surface area contributed by atoms with E-state index in [1.165, 1.54) is 24.6 Å². The Morgan fingerprint density at radius 3 is 2.65 bits per heavy atom. The van der Waals surface area contributed by atoms with Gasteiger partial charge in [-0.05, 0) is 19.1 Å². The molecule has 1 saturated heterocycles. The first kappa shape index (κ1) is 15.1. The Balaban J connectivity index is 2.38. The van der Waals surface area contributed by atoms with Gasteiger partial charge in [0.15, 0.2) is 0 Å². The lowest BCUT2D eigenvalue weighted by Gasteiger charge is -2.31. The lowest BCUT2D eigenvalue weighted by Crippen LogP contribution is -2.51. The standard InChI is InChI=1S/C13H20N2O4S/c1-10-9-15(7-6-14-10)20(16,17)13-5-4-11(18-2)8-12(13)19-3/h4-5,8,10,14H,6-7,9H2,1-3H3. The Labute approximate surface area is 119 Å². The molecule has 0 saturated carbocycles. The van der Waals surface area contributed by atoms with Crippen LogP contribution >= 0.6 is 0 Å². The van der Waals surface area contributed by atoms with Crippen LogP contribution in [0.15, 0.2) is 23.1 Å². The van der Waals surface area contributed by atoms with Gasteiger partial charge in [0.25, 0.3) is 0 Å². The van der Waals surface area contributed by atoms with Gasteiger partial charge in [-0.3, -0.25) is 0 Å². The van der Waals surface area contributed by atoms with Crippen LogP contribution in [0.25, 0.3) is 0 Å². The highest BCUT2D eigenvalue weighted by molar-refractivity contribution is 7.89. The van der Waals surface area contributed by atoms with Crippen LogP contribution in [0, 0.1) is 0 Å². The third-order valence-electron chi connectivity index (χ3n) is 3.32. The summed E-state index contributed by atoms with van der Waals surface area (Å²) in [5.74, 6) is 0.866. The van der Waals surface area contributed by atoms with Gasteiger partial charge < -0.3 is 14.8 Å². The van der Waals surface area contributed by atoms with Crippen molar-refractivity contribution in [1.82, 2.24) is 9.62 Å². The number of hydrogen-bond donors (Lipinski definition) is 1. The van der Waals surface area contributed by atoms with Gasteiger partial charge in [0.1, 0.15) is 16.4 Å². The summed E-state index contributed by atoms with van der Waals surface area (Å²) < 4.78 is 37.1. The molecule has 1 N–H and O–H groups in total. The molecule has 1 aromatic carbocycles. The lowest BCUT2D eigenvalue weighted by atomic mass is 10.3. The van der Waals surface area contributed by atoms with E-state index in [1.54, 1.807) is 12.1 Å². The molecule has 0 radical (unpaired) electrons. The molecule has 0 aromatic heterocycles. The predicted molar refractivity (Wildman–Crippen MR) is 75.8 cm³/mol. The number of piperazine rings is 1. The number of rotatable bonds is 4. The van der Waals surface area contributed by atoms with Gasteiger partial charge >= 0.3 is 0 Å². The van der Waals surface area contributed by atoms with Crippen LogP contribution in [0.3, 0.4) is 0 Å². The van der Waals surface area contributed by atoms with Crippen molar-refractivity contribution in [2.24, 2.45) is 0 Å². The number of ether oxygens (including phenoxy) is 2. The van der Waals surface area contributed by atoms with Crippen LogP contribution in [0.2, 0.25) is 0 Å². The van der Waals surface area contributed by atoms with Crippen molar-refractivity contribution in [2.45, 2.75) is 17.9 Å². The van der Waals surface area contributed by atoms with Crippen molar-refractivity contribution in [2.75, 3.05) is 33.9 Å². The molecule has 20 heavy (non-hydrogen) atoms. The van der Waals surface area contributed by atoms with Gasteiger partial charge in [-0.15, -0.1) is 0 Å². The molecular weight excluding hydrogens is 280 g/mol. The van der Waals surface area contributed by atoms with E-state index in [1.807, 2.05) is 6.92 Å². The van der Waals surface area contributed by atoms with Crippen molar-refractivity contribution < 1.29 is 17.9 Å². The number of sulfonamides is 1. The topological polar surface area (TPSA) is 67.9 Å². The van der Waals surface area contributed by atoms with Crippen molar-refractivity contribution in [1.29, 1.82) is 0 Å². The van der Waals surface area contributed by atoms with Crippen molar-refractivity contribution >= 4 is 10.0 Å². The average Bonchev–Trinajstić information content (AvgIpc) is 2.46. The van der Waals surface area contributed by atoms with E-state index in [0.717, 1.165) is 0 Å². The molecule has 1 unspecified atom stereocenters. The molecule has 1 fully saturated rings. The SMILES string of the molecule is COc1ccc(S(=O)(=O)N2CCNC(C)C2)c(OC)c1. The molecule has 0 spiro atoms. The minimum atomic E-state index is -3.55. The molecule has 2 rings (SSSR count). The largest absolute Gasteiger partial charge is 0.497 e. The first-order chi connectivity index (χ1) is 9.48. The quantitative estimate of drug-likeness (QED) is 0.886. The normalized spacial score (nSPS) is 20.6. The minimum Gasteiger partial charge on any atom is -0.497 e. The summed E-state index contributed by atoms with van der Waals surface area (Å²) in [6.45, 7) is 3.53. The summed E-state index contributed by atoms with van der Waals surface area (Å²) in [7, 11) is -0.569. The summed E-state index contributed by atoms with van der Waals surface area (Å²) in [6, 6.07) is 4.88. The number of nitrogens with one attached hydrogen (secondary N) is 1. The van der Waals surface area contributed by atoms with Gasteiger partial charge in [0.05, 0.1) is 14.2 Å². The molecule has 6 nitrogen and oxygen atoms in total. The zero-order valence-electron chi connectivity index (χ0n) is 11.9. The third-order valence-corrected chi connectivity index (χ3v) is 5.22. The van der Waals surface area contributed by atoms with Crippen molar-refractivity contribution in [3.05, 3.63) is 18.2 Å². The molecule has 1 heterocycles. The first-order valence-corrected chi connectivity index (χ1v) is 7.88. The molecule has 112 valence electrons. The maximum Gasteiger partial charge on any atom is 0.246 e. The van der Waals surface area contributed by atoms with Crippen LogP contribution in [0.4, 0.5) is 0 Å². The summed E-state index contributed by atoms with van der Waals surface area (Å²) in [5.41, 5.74) is 0. The second-order valence-electron chi connectivity index (χ2n) is 4.74. The Morgan fingerprint density at radius 1 is 1.30 bits per heavy atom. The van der Waals surface area contributed by atoms with E-state index in [9.17, 15) is 8.42 Å². The molecule has 1 aromatic rings. The maximum atomic E-state index is 12.7. The van der Waals surface area contributed by atoms with E-state index < -0.39 is 10.0 Å². The van der Waals surface area contributed by atoms with Gasteiger partial charge in [-0.25, -0.2) is 8.42 Å². The molecule has 1 atom stereocenters. The van der Waals surface area contributed by atoms with Crippen LogP contribution in [0.1, 0.15) is 6.92 Å². The van der Waals surface area contributed by atoms with E-state index in [4.69, 9.17) is 9.47 Å². The second-order valence-corrected chi connectivity index (χ2v) is 6.64. The molecule has 1 aliphatic heterocycles. The number of methoxy groups -OCH3 is 2. The highest BCUT2D eigenvalue weighted by atomic mass is 32.2. The zero-order chi connectivity index (χ0) is 14.8. The molecule has 0 bridgehead atoms. The Morgan fingerprint density at radius 2 is 2.05 bits per heavy atom. The fourth-order valence-electron chi connectivity index (χ4n) is 2.24. The number of benzene rings is 1. The Hall–Kier alpha value is -1.31. The van der Waals surface area contributed by atoms with Gasteiger partial charge in [0.2, 0.25) is 10.0 Å². The third kappa shape index (κ3) is 2.89. The van der Waals surface area contributed by atoms with Crippen LogP contribution < -0.4 is 14.8 Å². The van der Waals surface area contributed by atoms with Crippen molar-refractivity contribution in [3.8, 4) is 11.5 Å². The molecule has 7 heteroatoms. The summed E-state index contributed by atoms with van der Waals surface area (Å²) >= 11 is 0.